The summed E-state index contributed by atoms with van der Waals surface area (Å²) in [4.78, 5) is 5.88. The van der Waals surface area contributed by atoms with Gasteiger partial charge in [0.15, 0.2) is 0 Å². The summed E-state index contributed by atoms with van der Waals surface area (Å²) in [5, 5.41) is 8.36. The van der Waals surface area contributed by atoms with Gasteiger partial charge < -0.3 is 4.90 Å². The molecule has 2 N–H and O–H groups in total. The average Bonchev–Trinajstić information content (AvgIpc) is 3.75. The molecule has 0 radical (unpaired) electrons. The Bertz CT molecular complexity index is 2410. The molecule has 0 saturated carbocycles. The van der Waals surface area contributed by atoms with E-state index in [-0.39, 0.29) is 6.17 Å². The van der Waals surface area contributed by atoms with Crippen LogP contribution in [0.3, 0.4) is 0 Å². The fourth-order valence-electron chi connectivity index (χ4n) is 15.7. The first-order valence-electron chi connectivity index (χ1n) is 28.4. The third-order valence-electron chi connectivity index (χ3n) is 19.3. The van der Waals surface area contributed by atoms with Crippen LogP contribution in [0, 0.1) is 41.4 Å². The molecule has 69 heavy (non-hydrogen) atoms. The van der Waals surface area contributed by atoms with Crippen molar-refractivity contribution in [3.05, 3.63) is 179 Å². The lowest BCUT2D eigenvalue weighted by atomic mass is 9.68. The quantitative estimate of drug-likeness (QED) is 0.238. The second-order valence-corrected chi connectivity index (χ2v) is 23.3. The van der Waals surface area contributed by atoms with Gasteiger partial charge in [-0.3, -0.25) is 15.5 Å². The summed E-state index contributed by atoms with van der Waals surface area (Å²) >= 11 is 0. The Hall–Kier alpha value is -4.22. The topological polar surface area (TPSA) is 30.5 Å². The number of allylic oxidation sites excluding steroid dienone is 19. The van der Waals surface area contributed by atoms with Gasteiger partial charge in [0.2, 0.25) is 0 Å². The van der Waals surface area contributed by atoms with Crippen molar-refractivity contribution in [3.63, 3.8) is 0 Å². The van der Waals surface area contributed by atoms with Crippen LogP contribution in [0.2, 0.25) is 0 Å². The van der Waals surface area contributed by atoms with Crippen molar-refractivity contribution in [2.75, 3.05) is 6.54 Å². The van der Waals surface area contributed by atoms with Gasteiger partial charge in [0, 0.05) is 35.8 Å². The second-order valence-electron chi connectivity index (χ2n) is 23.3. The third-order valence-corrected chi connectivity index (χ3v) is 19.3. The predicted octanol–water partition coefficient (Wildman–Crippen LogP) is 14.1. The molecule has 2 saturated heterocycles. The standard InChI is InChI=1S/C65H82N4/c1-44-38-52(47-20-9-4-10-21-47)36-37-68(62-34-30-50(41-57(44)62)51-31-35-64-58(42-51)56-28-15-16-29-63(56)69(64)55-26-13-6-14-27-55)61-33-32-54(39-45(61)2)60-43-59(66-65(67-60)48-22-11-5-12-23-48)53-25-17-24-49(40-53)46-18-7-3-8-19-46/h6-7,9,11,13,16-20,22-24,26,29-30,34,38-40,42,47,50-53,56-57,59-67H,2-5,8,10,12,14-15,21,25,27-28,31-33,35-37,41,43H2,1H3/b44-38+. The Morgan fingerprint density at radius 1 is 0.609 bits per heavy atom. The first kappa shape index (κ1) is 45.9. The molecule has 4 nitrogen and oxygen atoms in total. The number of nitrogens with zero attached hydrogens (tertiary/aromatic N) is 2. The second kappa shape index (κ2) is 20.5. The highest BCUT2D eigenvalue weighted by Crippen LogP contribution is 2.51. The fourth-order valence-corrected chi connectivity index (χ4v) is 15.7. The highest BCUT2D eigenvalue weighted by Gasteiger charge is 2.48. The minimum atomic E-state index is 0.163. The Morgan fingerprint density at radius 2 is 1.49 bits per heavy atom. The van der Waals surface area contributed by atoms with Gasteiger partial charge >= 0.3 is 0 Å². The van der Waals surface area contributed by atoms with E-state index in [9.17, 15) is 0 Å². The lowest BCUT2D eigenvalue weighted by Crippen LogP contribution is -2.61. The van der Waals surface area contributed by atoms with Crippen LogP contribution in [0.5, 0.6) is 0 Å². The molecule has 0 aromatic carbocycles. The van der Waals surface area contributed by atoms with Gasteiger partial charge in [-0.1, -0.05) is 139 Å². The molecule has 0 aromatic rings. The third kappa shape index (κ3) is 9.42. The zero-order valence-electron chi connectivity index (χ0n) is 42.0. The molecular formula is C65H82N4. The molecule has 0 amide bonds. The molecule has 9 aliphatic carbocycles. The first-order valence-corrected chi connectivity index (χ1v) is 28.4. The van der Waals surface area contributed by atoms with Crippen molar-refractivity contribution < 1.29 is 0 Å². The molecule has 14 unspecified atom stereocenters. The van der Waals surface area contributed by atoms with Gasteiger partial charge in [0.1, 0.15) is 0 Å². The SMILES string of the molecule is C=C1C=C(C2CC(C3C=C(C4=CCCC=C4)C=CC3)NC(C3=CCCC=C3)N2)CCC1N1CCC(C2C=CCCC2)/C=C(\C)C2CC(C3C=C4C5CCC=CC5N(C5=CC=CCC5)C4CC3)C=CC21. The molecule has 0 bridgehead atoms. The van der Waals surface area contributed by atoms with Gasteiger partial charge in [0.05, 0.1) is 18.2 Å². The van der Waals surface area contributed by atoms with E-state index in [4.69, 9.17) is 6.58 Å². The van der Waals surface area contributed by atoms with Crippen LogP contribution in [-0.2, 0) is 0 Å². The number of hydrogen-bond acceptors (Lipinski definition) is 4. The monoisotopic (exact) mass is 919 g/mol. The molecule has 4 heteroatoms. The van der Waals surface area contributed by atoms with Gasteiger partial charge in [-0.15, -0.1) is 0 Å². The van der Waals surface area contributed by atoms with Crippen molar-refractivity contribution in [1.82, 2.24) is 20.4 Å². The van der Waals surface area contributed by atoms with E-state index in [0.29, 0.717) is 77.7 Å². The zero-order valence-corrected chi connectivity index (χ0v) is 42.0. The van der Waals surface area contributed by atoms with Crippen molar-refractivity contribution in [1.29, 1.82) is 0 Å². The lowest BCUT2D eigenvalue weighted by molar-refractivity contribution is 0.107. The minimum Gasteiger partial charge on any atom is -0.361 e. The Balaban J connectivity index is 0.813. The van der Waals surface area contributed by atoms with Crippen LogP contribution in [0.1, 0.15) is 129 Å². The molecular weight excluding hydrogens is 837 g/mol. The lowest BCUT2D eigenvalue weighted by Gasteiger charge is -2.49. The van der Waals surface area contributed by atoms with Crippen LogP contribution in [-0.4, -0.2) is 58.8 Å². The molecule has 0 aromatic heterocycles. The highest BCUT2D eigenvalue weighted by atomic mass is 15.2. The molecule has 2 fully saturated rings. The molecule has 3 aliphatic heterocycles. The van der Waals surface area contributed by atoms with Gasteiger partial charge in [-0.25, -0.2) is 0 Å². The summed E-state index contributed by atoms with van der Waals surface area (Å²) in [7, 11) is 0. The van der Waals surface area contributed by atoms with Crippen molar-refractivity contribution in [2.45, 2.75) is 171 Å². The number of hydrogen-bond donors (Lipinski definition) is 2. The van der Waals surface area contributed by atoms with Crippen LogP contribution in [0.4, 0.5) is 0 Å². The van der Waals surface area contributed by atoms with Crippen LogP contribution >= 0.6 is 0 Å². The van der Waals surface area contributed by atoms with Gasteiger partial charge in [-0.05, 0) is 205 Å². The van der Waals surface area contributed by atoms with E-state index in [0.717, 1.165) is 57.9 Å². The smallest absolute Gasteiger partial charge is 0.0839 e. The van der Waals surface area contributed by atoms with E-state index < -0.39 is 0 Å². The summed E-state index contributed by atoms with van der Waals surface area (Å²) in [5.74, 6) is 4.22. The van der Waals surface area contributed by atoms with Crippen LogP contribution < -0.4 is 10.6 Å². The Labute approximate surface area is 416 Å². The van der Waals surface area contributed by atoms with E-state index in [2.05, 4.69) is 155 Å². The van der Waals surface area contributed by atoms with Crippen molar-refractivity contribution in [2.24, 2.45) is 41.4 Å². The van der Waals surface area contributed by atoms with Crippen LogP contribution in [0.25, 0.3) is 0 Å². The summed E-state index contributed by atoms with van der Waals surface area (Å²) in [6.07, 6.45) is 76.0. The zero-order chi connectivity index (χ0) is 46.3. The summed E-state index contributed by atoms with van der Waals surface area (Å²) in [5.41, 5.74) is 12.2. The minimum absolute atomic E-state index is 0.163. The van der Waals surface area contributed by atoms with E-state index in [1.165, 1.54) is 92.9 Å². The molecule has 0 spiro atoms. The van der Waals surface area contributed by atoms with Gasteiger partial charge in [0.25, 0.3) is 0 Å². The number of nitrogens with one attached hydrogen (secondary N) is 2. The first-order chi connectivity index (χ1) is 34.0. The van der Waals surface area contributed by atoms with E-state index >= 15 is 0 Å². The van der Waals surface area contributed by atoms with Crippen LogP contribution in [0.15, 0.2) is 179 Å². The van der Waals surface area contributed by atoms with E-state index in [1.54, 1.807) is 22.4 Å². The van der Waals surface area contributed by atoms with Crippen molar-refractivity contribution >= 4 is 0 Å². The maximum absolute atomic E-state index is 5.02. The summed E-state index contributed by atoms with van der Waals surface area (Å²) in [6.45, 7) is 8.71. The summed E-state index contributed by atoms with van der Waals surface area (Å²) in [6, 6.07) is 2.67. The van der Waals surface area contributed by atoms with Crippen molar-refractivity contribution in [3.8, 4) is 0 Å². The largest absolute Gasteiger partial charge is 0.361 e. The molecule has 362 valence electrons. The highest BCUT2D eigenvalue weighted by molar-refractivity contribution is 5.49. The number of likely N-dealkylation sites (tertiary alicyclic amines) is 1. The fraction of sp³-hybridized carbons (Fsp3) is 0.538. The van der Waals surface area contributed by atoms with Gasteiger partial charge in [-0.2, -0.15) is 0 Å². The normalized spacial score (nSPS) is 40.7. The number of rotatable bonds is 8. The molecule has 12 aliphatic rings. The van der Waals surface area contributed by atoms with E-state index in [1.807, 2.05) is 0 Å². The predicted molar refractivity (Wildman–Crippen MR) is 289 cm³/mol. The molecule has 3 heterocycles. The molecule has 12 rings (SSSR count). The molecule has 14 atom stereocenters. The average molecular weight is 919 g/mol. The Morgan fingerprint density at radius 3 is 2.32 bits per heavy atom. The number of fused-ring (bicyclic) bond motifs is 4. The Kier molecular flexibility index (Phi) is 13.6. The maximum Gasteiger partial charge on any atom is 0.0839 e. The maximum atomic E-state index is 5.02. The summed E-state index contributed by atoms with van der Waals surface area (Å²) < 4.78 is 0.